The maximum absolute atomic E-state index is 13.3. The lowest BCUT2D eigenvalue weighted by Crippen LogP contribution is -2.46. The minimum absolute atomic E-state index is 0.192. The summed E-state index contributed by atoms with van der Waals surface area (Å²) >= 11 is 1.50. The zero-order valence-corrected chi connectivity index (χ0v) is 22.2. The molecular weight excluding hydrogens is 517 g/mol. The van der Waals surface area contributed by atoms with Crippen LogP contribution in [0.1, 0.15) is 75.0 Å². The number of thiazole rings is 1. The molecular formula is C26H31F3N6O2S. The molecule has 1 aliphatic heterocycles. The molecule has 4 heterocycles. The van der Waals surface area contributed by atoms with Crippen LogP contribution in [0, 0.1) is 0 Å². The number of imidazole rings is 1. The van der Waals surface area contributed by atoms with Crippen LogP contribution in [0.4, 0.5) is 18.0 Å². The number of hydrogen-bond acceptors (Lipinski definition) is 6. The highest BCUT2D eigenvalue weighted by Crippen LogP contribution is 2.47. The SMILES string of the molecule is CCN1C(=O)N[C@@H](CCC(F)(F)F)C/C=C/CCOc2nc(cn3ccnc23)-c2sc(nc2C2CC2)[C@H]1C. The molecule has 12 heteroatoms. The second kappa shape index (κ2) is 10.9. The summed E-state index contributed by atoms with van der Waals surface area (Å²) in [5, 5.41) is 3.61. The number of halogens is 3. The molecule has 1 fully saturated rings. The number of nitrogens with one attached hydrogen (secondary N) is 1. The summed E-state index contributed by atoms with van der Waals surface area (Å²) in [5.41, 5.74) is 2.32. The van der Waals surface area contributed by atoms with Crippen molar-refractivity contribution < 1.29 is 22.7 Å². The van der Waals surface area contributed by atoms with E-state index in [-0.39, 0.29) is 12.5 Å². The number of fused-ring (bicyclic) bond motifs is 7. The summed E-state index contributed by atoms with van der Waals surface area (Å²) in [5.74, 6) is 0.767. The topological polar surface area (TPSA) is 84.7 Å². The van der Waals surface area contributed by atoms with Crippen molar-refractivity contribution in [2.24, 2.45) is 0 Å². The molecule has 1 N–H and O–H groups in total. The van der Waals surface area contributed by atoms with Crippen LogP contribution in [0.15, 0.2) is 30.7 Å². The number of urea groups is 1. The van der Waals surface area contributed by atoms with Gasteiger partial charge in [0.25, 0.3) is 5.88 Å². The predicted molar refractivity (Wildman–Crippen MR) is 138 cm³/mol. The van der Waals surface area contributed by atoms with E-state index in [2.05, 4.69) is 10.3 Å². The monoisotopic (exact) mass is 548 g/mol. The molecule has 4 bridgehead atoms. The van der Waals surface area contributed by atoms with E-state index in [1.807, 2.05) is 36.7 Å². The van der Waals surface area contributed by atoms with Gasteiger partial charge in [0.05, 0.1) is 23.2 Å². The molecule has 0 saturated heterocycles. The number of nitrogens with zero attached hydrogens (tertiary/aromatic N) is 5. The molecule has 0 unspecified atom stereocenters. The fourth-order valence-corrected chi connectivity index (χ4v) is 5.80. The number of carbonyl (C=O) groups excluding carboxylic acids is 1. The highest BCUT2D eigenvalue weighted by Gasteiger charge is 2.34. The molecule has 1 saturated carbocycles. The molecule has 2 atom stereocenters. The van der Waals surface area contributed by atoms with Crippen LogP contribution >= 0.6 is 11.3 Å². The lowest BCUT2D eigenvalue weighted by Gasteiger charge is -2.29. The fourth-order valence-electron chi connectivity index (χ4n) is 4.63. The van der Waals surface area contributed by atoms with E-state index in [1.54, 1.807) is 17.2 Å². The van der Waals surface area contributed by atoms with Gasteiger partial charge in [0.2, 0.25) is 5.65 Å². The van der Waals surface area contributed by atoms with Gasteiger partial charge in [-0.3, -0.25) is 0 Å². The van der Waals surface area contributed by atoms with Crippen molar-refractivity contribution in [2.45, 2.75) is 76.6 Å². The van der Waals surface area contributed by atoms with Gasteiger partial charge in [-0.1, -0.05) is 12.2 Å². The van der Waals surface area contributed by atoms with E-state index in [1.165, 1.54) is 11.3 Å². The Hall–Kier alpha value is -3.15. The number of ether oxygens (including phenoxy) is 1. The highest BCUT2D eigenvalue weighted by molar-refractivity contribution is 7.15. The second-order valence-corrected chi connectivity index (χ2v) is 10.8. The van der Waals surface area contributed by atoms with E-state index < -0.39 is 24.7 Å². The Morgan fingerprint density at radius 3 is 2.79 bits per heavy atom. The first-order chi connectivity index (χ1) is 18.2. The average molecular weight is 549 g/mol. The first kappa shape index (κ1) is 26.5. The maximum Gasteiger partial charge on any atom is 0.389 e. The number of aromatic nitrogens is 4. The molecule has 2 aliphatic rings. The lowest BCUT2D eigenvalue weighted by molar-refractivity contribution is -0.136. The van der Waals surface area contributed by atoms with Gasteiger partial charge in [-0.2, -0.15) is 13.2 Å². The number of rotatable bonds is 4. The van der Waals surface area contributed by atoms with Gasteiger partial charge in [0.15, 0.2) is 0 Å². The fraction of sp³-hybridized carbons (Fsp3) is 0.538. The minimum atomic E-state index is -4.29. The van der Waals surface area contributed by atoms with Gasteiger partial charge in [0.1, 0.15) is 10.7 Å². The molecule has 3 aromatic rings. The summed E-state index contributed by atoms with van der Waals surface area (Å²) in [7, 11) is 0. The number of alkyl halides is 3. The second-order valence-electron chi connectivity index (χ2n) is 9.74. The molecule has 204 valence electrons. The van der Waals surface area contributed by atoms with Crippen molar-refractivity contribution in [3.63, 3.8) is 0 Å². The zero-order chi connectivity index (χ0) is 26.9. The van der Waals surface area contributed by atoms with Crippen LogP contribution < -0.4 is 10.1 Å². The molecule has 38 heavy (non-hydrogen) atoms. The highest BCUT2D eigenvalue weighted by atomic mass is 32.1. The molecule has 3 aromatic heterocycles. The van der Waals surface area contributed by atoms with E-state index in [4.69, 9.17) is 14.7 Å². The third-order valence-corrected chi connectivity index (χ3v) is 8.11. The standard InChI is InChI=1S/C26H31F3N6O2S/c1-3-35-16(2)24-33-20(17-8-9-17)21(38-24)19-15-34-13-12-30-22(34)23(32-19)37-14-6-4-5-7-18(31-25(35)36)10-11-26(27,28)29/h4-5,12-13,15-18H,3,6-11,14H2,1-2H3,(H,31,36)/b5-4+/t16-,18-/m1/s1. The van der Waals surface area contributed by atoms with E-state index in [0.717, 1.165) is 34.1 Å². The Balaban J connectivity index is 1.52. The molecule has 2 amide bonds. The van der Waals surface area contributed by atoms with Gasteiger partial charge in [0, 0.05) is 43.5 Å². The van der Waals surface area contributed by atoms with Crippen LogP contribution in [0.25, 0.3) is 16.2 Å². The van der Waals surface area contributed by atoms with Crippen LogP contribution in [-0.4, -0.2) is 55.7 Å². The van der Waals surface area contributed by atoms with Crippen molar-refractivity contribution in [3.8, 4) is 16.5 Å². The van der Waals surface area contributed by atoms with Crippen LogP contribution in [-0.2, 0) is 0 Å². The van der Waals surface area contributed by atoms with Crippen molar-refractivity contribution in [3.05, 3.63) is 41.4 Å². The minimum Gasteiger partial charge on any atom is -0.475 e. The van der Waals surface area contributed by atoms with E-state index in [0.29, 0.717) is 43.4 Å². The molecule has 0 spiro atoms. The summed E-state index contributed by atoms with van der Waals surface area (Å²) in [6.45, 7) is 4.48. The summed E-state index contributed by atoms with van der Waals surface area (Å²) in [6.07, 6.45) is 6.61. The summed E-state index contributed by atoms with van der Waals surface area (Å²) in [6, 6.07) is -1.40. The van der Waals surface area contributed by atoms with E-state index in [9.17, 15) is 18.0 Å². The van der Waals surface area contributed by atoms with Crippen LogP contribution in [0.3, 0.4) is 0 Å². The summed E-state index contributed by atoms with van der Waals surface area (Å²) < 4.78 is 46.8. The van der Waals surface area contributed by atoms with Gasteiger partial charge in [-0.15, -0.1) is 11.3 Å². The Labute approximate surface area is 222 Å². The van der Waals surface area contributed by atoms with E-state index >= 15 is 0 Å². The molecule has 8 nitrogen and oxygen atoms in total. The predicted octanol–water partition coefficient (Wildman–Crippen LogP) is 6.26. The first-order valence-electron chi connectivity index (χ1n) is 13.0. The van der Waals surface area contributed by atoms with Crippen molar-refractivity contribution in [1.29, 1.82) is 0 Å². The number of amides is 2. The van der Waals surface area contributed by atoms with Crippen LogP contribution in [0.2, 0.25) is 0 Å². The van der Waals surface area contributed by atoms with Crippen molar-refractivity contribution in [1.82, 2.24) is 29.6 Å². The Bertz CT molecular complexity index is 1320. The number of carbonyl (C=O) groups is 1. The molecule has 0 aromatic carbocycles. The average Bonchev–Trinajstić information content (AvgIpc) is 3.43. The van der Waals surface area contributed by atoms with Crippen molar-refractivity contribution in [2.75, 3.05) is 13.2 Å². The van der Waals surface area contributed by atoms with Crippen molar-refractivity contribution >= 4 is 23.0 Å². The quantitative estimate of drug-likeness (QED) is 0.389. The smallest absolute Gasteiger partial charge is 0.389 e. The third-order valence-electron chi connectivity index (χ3n) is 6.85. The largest absolute Gasteiger partial charge is 0.475 e. The first-order valence-corrected chi connectivity index (χ1v) is 13.8. The molecule has 1 aliphatic carbocycles. The number of hydrogen-bond donors (Lipinski definition) is 1. The Kier molecular flexibility index (Phi) is 7.60. The Morgan fingerprint density at radius 1 is 1.24 bits per heavy atom. The van der Waals surface area contributed by atoms with Gasteiger partial charge in [-0.05, 0) is 46.0 Å². The summed E-state index contributed by atoms with van der Waals surface area (Å²) in [4.78, 5) is 30.0. The van der Waals surface area contributed by atoms with Gasteiger partial charge >= 0.3 is 12.2 Å². The zero-order valence-electron chi connectivity index (χ0n) is 21.4. The van der Waals surface area contributed by atoms with Gasteiger partial charge < -0.3 is 19.4 Å². The molecule has 5 rings (SSSR count). The van der Waals surface area contributed by atoms with Crippen LogP contribution in [0.5, 0.6) is 5.88 Å². The lowest BCUT2D eigenvalue weighted by atomic mass is 10.1. The Morgan fingerprint density at radius 2 is 2.05 bits per heavy atom. The third kappa shape index (κ3) is 5.95. The van der Waals surface area contributed by atoms with Gasteiger partial charge in [-0.25, -0.2) is 19.7 Å². The molecule has 0 radical (unpaired) electrons. The normalized spacial score (nSPS) is 22.1. The maximum atomic E-state index is 13.3.